The van der Waals surface area contributed by atoms with Crippen LogP contribution >= 0.6 is 0 Å². The Balaban J connectivity index is 2.49. The maximum atomic E-state index is 13.6. The summed E-state index contributed by atoms with van der Waals surface area (Å²) in [5.41, 5.74) is -2.15. The Labute approximate surface area is 87.4 Å². The highest BCUT2D eigenvalue weighted by atomic mass is 19.1. The predicted octanol–water partition coefficient (Wildman–Crippen LogP) is 1.53. The number of esters is 1. The lowest BCUT2D eigenvalue weighted by atomic mass is 9.80. The second-order valence-electron chi connectivity index (χ2n) is 3.80. The van der Waals surface area contributed by atoms with Crippen LogP contribution in [-0.2, 0) is 14.3 Å². The van der Waals surface area contributed by atoms with Crippen LogP contribution in [0.15, 0.2) is 0 Å². The Kier molecular flexibility index (Phi) is 3.66. The standard InChI is InChI=1S/C10H15FO4/c1-2-15-8(12)7-3-5-10(11,6-4-7)9(13)14/h7H,2-6H2,1H3,(H,13,14)/t7-,10+. The normalized spacial score (nSPS) is 30.9. The van der Waals surface area contributed by atoms with E-state index in [-0.39, 0.29) is 37.6 Å². The van der Waals surface area contributed by atoms with E-state index >= 15 is 0 Å². The Hall–Kier alpha value is -1.13. The minimum Gasteiger partial charge on any atom is -0.479 e. The number of hydrogen-bond acceptors (Lipinski definition) is 3. The Morgan fingerprint density at radius 3 is 2.40 bits per heavy atom. The molecule has 0 aromatic carbocycles. The first kappa shape index (κ1) is 11.9. The molecule has 0 bridgehead atoms. The fourth-order valence-corrected chi connectivity index (χ4v) is 1.79. The molecule has 86 valence electrons. The van der Waals surface area contributed by atoms with Gasteiger partial charge in [0, 0.05) is 0 Å². The summed E-state index contributed by atoms with van der Waals surface area (Å²) in [5.74, 6) is -2.11. The van der Waals surface area contributed by atoms with Crippen molar-refractivity contribution in [2.45, 2.75) is 38.3 Å². The zero-order chi connectivity index (χ0) is 11.5. The molecule has 1 N–H and O–H groups in total. The van der Waals surface area contributed by atoms with E-state index in [9.17, 15) is 14.0 Å². The molecule has 0 amide bonds. The fourth-order valence-electron chi connectivity index (χ4n) is 1.79. The van der Waals surface area contributed by atoms with Gasteiger partial charge in [-0.1, -0.05) is 0 Å². The first-order valence-electron chi connectivity index (χ1n) is 5.08. The molecule has 0 unspecified atom stereocenters. The summed E-state index contributed by atoms with van der Waals surface area (Å²) in [5, 5.41) is 8.63. The van der Waals surface area contributed by atoms with Gasteiger partial charge in [-0.3, -0.25) is 4.79 Å². The molecule has 5 heteroatoms. The summed E-state index contributed by atoms with van der Waals surface area (Å²) in [4.78, 5) is 21.9. The number of ether oxygens (including phenoxy) is 1. The molecule has 1 saturated carbocycles. The smallest absolute Gasteiger partial charge is 0.341 e. The first-order chi connectivity index (χ1) is 6.99. The van der Waals surface area contributed by atoms with E-state index in [0.717, 1.165) is 0 Å². The molecule has 1 aliphatic carbocycles. The van der Waals surface area contributed by atoms with Crippen LogP contribution in [0.3, 0.4) is 0 Å². The van der Waals surface area contributed by atoms with E-state index in [1.165, 1.54) is 0 Å². The van der Waals surface area contributed by atoms with Crippen molar-refractivity contribution in [3.05, 3.63) is 0 Å². The molecular weight excluding hydrogens is 203 g/mol. The molecule has 15 heavy (non-hydrogen) atoms. The number of halogens is 1. The molecule has 0 heterocycles. The van der Waals surface area contributed by atoms with Gasteiger partial charge in [0.15, 0.2) is 0 Å². The van der Waals surface area contributed by atoms with Gasteiger partial charge in [0.05, 0.1) is 12.5 Å². The largest absolute Gasteiger partial charge is 0.479 e. The maximum Gasteiger partial charge on any atom is 0.341 e. The Bertz CT molecular complexity index is 256. The van der Waals surface area contributed by atoms with Gasteiger partial charge in [0.2, 0.25) is 5.67 Å². The number of aliphatic carboxylic acids is 1. The van der Waals surface area contributed by atoms with Crippen LogP contribution in [-0.4, -0.2) is 29.3 Å². The number of alkyl halides is 1. The van der Waals surface area contributed by atoms with Gasteiger partial charge in [-0.25, -0.2) is 9.18 Å². The number of carboxylic acids is 1. The van der Waals surface area contributed by atoms with Gasteiger partial charge < -0.3 is 9.84 Å². The number of hydrogen-bond donors (Lipinski definition) is 1. The van der Waals surface area contributed by atoms with Gasteiger partial charge >= 0.3 is 11.9 Å². The number of carbonyl (C=O) groups excluding carboxylic acids is 1. The van der Waals surface area contributed by atoms with Crippen LogP contribution in [0.25, 0.3) is 0 Å². The SMILES string of the molecule is CCOC(=O)[C@H]1CC[C@](F)(C(=O)O)CC1. The second kappa shape index (κ2) is 4.59. The predicted molar refractivity (Wildman–Crippen MR) is 50.1 cm³/mol. The van der Waals surface area contributed by atoms with Crippen molar-refractivity contribution in [3.63, 3.8) is 0 Å². The van der Waals surface area contributed by atoms with Crippen molar-refractivity contribution < 1.29 is 23.8 Å². The molecule has 1 fully saturated rings. The van der Waals surface area contributed by atoms with Crippen LogP contribution in [0.1, 0.15) is 32.6 Å². The van der Waals surface area contributed by atoms with E-state index in [0.29, 0.717) is 6.61 Å². The number of carboxylic acid groups (broad SMARTS) is 1. The third-order valence-corrected chi connectivity index (χ3v) is 2.78. The van der Waals surface area contributed by atoms with Crippen molar-refractivity contribution in [3.8, 4) is 0 Å². The number of carbonyl (C=O) groups is 2. The van der Waals surface area contributed by atoms with Crippen LogP contribution in [0, 0.1) is 5.92 Å². The molecule has 0 aliphatic heterocycles. The average molecular weight is 218 g/mol. The van der Waals surface area contributed by atoms with E-state index in [4.69, 9.17) is 9.84 Å². The second-order valence-corrected chi connectivity index (χ2v) is 3.80. The quantitative estimate of drug-likeness (QED) is 0.730. The van der Waals surface area contributed by atoms with E-state index < -0.39 is 11.6 Å². The van der Waals surface area contributed by atoms with E-state index in [2.05, 4.69) is 0 Å². The van der Waals surface area contributed by atoms with Crippen molar-refractivity contribution in [1.29, 1.82) is 0 Å². The molecule has 1 aliphatic rings. The van der Waals surface area contributed by atoms with Crippen LogP contribution in [0.2, 0.25) is 0 Å². The lowest BCUT2D eigenvalue weighted by Crippen LogP contribution is -2.39. The van der Waals surface area contributed by atoms with Crippen molar-refractivity contribution >= 4 is 11.9 Å². The first-order valence-corrected chi connectivity index (χ1v) is 5.08. The highest BCUT2D eigenvalue weighted by Crippen LogP contribution is 2.35. The molecule has 0 aromatic heterocycles. The zero-order valence-corrected chi connectivity index (χ0v) is 8.66. The molecule has 0 radical (unpaired) electrons. The van der Waals surface area contributed by atoms with E-state index in [1.807, 2.05) is 0 Å². The van der Waals surface area contributed by atoms with Crippen LogP contribution in [0.4, 0.5) is 4.39 Å². The Morgan fingerprint density at radius 1 is 1.47 bits per heavy atom. The summed E-state index contributed by atoms with van der Waals surface area (Å²) in [7, 11) is 0. The summed E-state index contributed by atoms with van der Waals surface area (Å²) < 4.78 is 18.4. The third kappa shape index (κ3) is 2.67. The van der Waals surface area contributed by atoms with Crippen LogP contribution < -0.4 is 0 Å². The van der Waals surface area contributed by atoms with Crippen molar-refractivity contribution in [1.82, 2.24) is 0 Å². The monoisotopic (exact) mass is 218 g/mol. The minimum absolute atomic E-state index is 0.105. The number of rotatable bonds is 3. The van der Waals surface area contributed by atoms with Gasteiger partial charge in [0.25, 0.3) is 0 Å². The van der Waals surface area contributed by atoms with Crippen molar-refractivity contribution in [2.24, 2.45) is 5.92 Å². The highest BCUT2D eigenvalue weighted by molar-refractivity contribution is 5.78. The van der Waals surface area contributed by atoms with Gasteiger partial charge in [-0.05, 0) is 32.6 Å². The minimum atomic E-state index is -2.15. The van der Waals surface area contributed by atoms with Gasteiger partial charge in [-0.15, -0.1) is 0 Å². The zero-order valence-electron chi connectivity index (χ0n) is 8.66. The van der Waals surface area contributed by atoms with Gasteiger partial charge in [-0.2, -0.15) is 0 Å². The van der Waals surface area contributed by atoms with Crippen molar-refractivity contribution in [2.75, 3.05) is 6.61 Å². The summed E-state index contributed by atoms with van der Waals surface area (Å²) in [6.07, 6.45) is 0.293. The molecule has 0 saturated heterocycles. The van der Waals surface area contributed by atoms with Crippen LogP contribution in [0.5, 0.6) is 0 Å². The molecule has 0 spiro atoms. The Morgan fingerprint density at radius 2 is 2.00 bits per heavy atom. The molecule has 0 aromatic rings. The topological polar surface area (TPSA) is 63.6 Å². The molecule has 1 rings (SSSR count). The summed E-state index contributed by atoms with van der Waals surface area (Å²) >= 11 is 0. The molecular formula is C10H15FO4. The summed E-state index contributed by atoms with van der Waals surface area (Å²) in [6.45, 7) is 2.01. The third-order valence-electron chi connectivity index (χ3n) is 2.78. The molecule has 0 atom stereocenters. The fraction of sp³-hybridized carbons (Fsp3) is 0.800. The van der Waals surface area contributed by atoms with Gasteiger partial charge in [0.1, 0.15) is 0 Å². The maximum absolute atomic E-state index is 13.6. The average Bonchev–Trinajstić information content (AvgIpc) is 2.19. The highest BCUT2D eigenvalue weighted by Gasteiger charge is 2.44. The lowest BCUT2D eigenvalue weighted by Gasteiger charge is -2.29. The summed E-state index contributed by atoms with van der Waals surface area (Å²) in [6, 6.07) is 0. The lowest BCUT2D eigenvalue weighted by molar-refractivity contribution is -0.159. The van der Waals surface area contributed by atoms with E-state index in [1.54, 1.807) is 6.92 Å². The molecule has 4 nitrogen and oxygen atoms in total.